The van der Waals surface area contributed by atoms with Crippen LogP contribution in [0.15, 0.2) is 23.3 Å². The third-order valence-corrected chi connectivity index (χ3v) is 1.93. The summed E-state index contributed by atoms with van der Waals surface area (Å²) >= 11 is 0. The molecule has 3 heteroatoms. The number of rotatable bonds is 6. The standard InChI is InChI=1S/C12H19O3/c1-10(7-8-15-12(3)14)5-4-6-11(2)9-13/h6-7,9,13H,4-5,8H2,1-3H3. The zero-order valence-corrected chi connectivity index (χ0v) is 9.62. The summed E-state index contributed by atoms with van der Waals surface area (Å²) in [5.74, 6) is -0.260. The lowest BCUT2D eigenvalue weighted by molar-refractivity contribution is -0.139. The summed E-state index contributed by atoms with van der Waals surface area (Å²) in [7, 11) is 0. The van der Waals surface area contributed by atoms with Crippen LogP contribution in [-0.2, 0) is 9.53 Å². The summed E-state index contributed by atoms with van der Waals surface area (Å²) < 4.78 is 4.78. The second-order valence-electron chi connectivity index (χ2n) is 3.47. The van der Waals surface area contributed by atoms with E-state index in [1.165, 1.54) is 12.5 Å². The highest BCUT2D eigenvalue weighted by atomic mass is 16.5. The van der Waals surface area contributed by atoms with Gasteiger partial charge >= 0.3 is 5.97 Å². The molecular weight excluding hydrogens is 192 g/mol. The summed E-state index contributed by atoms with van der Waals surface area (Å²) in [6, 6.07) is 0. The number of ether oxygens (including phenoxy) is 1. The van der Waals surface area contributed by atoms with E-state index in [-0.39, 0.29) is 5.97 Å². The molecule has 0 aromatic rings. The van der Waals surface area contributed by atoms with Crippen LogP contribution in [0.3, 0.4) is 0 Å². The van der Waals surface area contributed by atoms with E-state index < -0.39 is 0 Å². The van der Waals surface area contributed by atoms with Gasteiger partial charge in [-0.05, 0) is 38.3 Å². The zero-order valence-electron chi connectivity index (χ0n) is 9.62. The fourth-order valence-electron chi connectivity index (χ4n) is 0.984. The van der Waals surface area contributed by atoms with Crippen LogP contribution < -0.4 is 0 Å². The van der Waals surface area contributed by atoms with E-state index in [9.17, 15) is 4.79 Å². The fraction of sp³-hybridized carbons (Fsp3) is 0.500. The van der Waals surface area contributed by atoms with Gasteiger partial charge in [-0.3, -0.25) is 4.79 Å². The first-order valence-electron chi connectivity index (χ1n) is 4.99. The first-order valence-corrected chi connectivity index (χ1v) is 4.99. The smallest absolute Gasteiger partial charge is 0.302 e. The minimum atomic E-state index is -0.260. The molecule has 0 amide bonds. The van der Waals surface area contributed by atoms with Gasteiger partial charge in [0.15, 0.2) is 0 Å². The Morgan fingerprint density at radius 2 is 1.93 bits per heavy atom. The Morgan fingerprint density at radius 3 is 2.47 bits per heavy atom. The van der Waals surface area contributed by atoms with E-state index in [4.69, 9.17) is 9.84 Å². The van der Waals surface area contributed by atoms with Gasteiger partial charge in [-0.25, -0.2) is 0 Å². The van der Waals surface area contributed by atoms with E-state index in [1.54, 1.807) is 0 Å². The van der Waals surface area contributed by atoms with Crippen LogP contribution in [0, 0.1) is 6.61 Å². The summed E-state index contributed by atoms with van der Waals surface area (Å²) in [6.07, 6.45) is 5.65. The number of aliphatic hydroxyl groups is 1. The molecule has 0 aromatic heterocycles. The molecule has 15 heavy (non-hydrogen) atoms. The molecular formula is C12H19O3. The molecule has 3 nitrogen and oxygen atoms in total. The topological polar surface area (TPSA) is 46.5 Å². The van der Waals surface area contributed by atoms with Crippen molar-refractivity contribution in [3.8, 4) is 0 Å². The van der Waals surface area contributed by atoms with Gasteiger partial charge in [0.2, 0.25) is 0 Å². The molecule has 0 aliphatic heterocycles. The number of hydrogen-bond donors (Lipinski definition) is 1. The summed E-state index contributed by atoms with van der Waals surface area (Å²) in [5.41, 5.74) is 2.04. The molecule has 1 N–H and O–H groups in total. The maximum Gasteiger partial charge on any atom is 0.302 e. The maximum absolute atomic E-state index is 10.5. The zero-order chi connectivity index (χ0) is 11.7. The van der Waals surface area contributed by atoms with Gasteiger partial charge in [-0.2, -0.15) is 0 Å². The van der Waals surface area contributed by atoms with Crippen LogP contribution >= 0.6 is 0 Å². The Bertz CT molecular complexity index is 252. The van der Waals surface area contributed by atoms with Crippen molar-refractivity contribution in [1.82, 2.24) is 0 Å². The Morgan fingerprint density at radius 1 is 1.27 bits per heavy atom. The Hall–Kier alpha value is -1.09. The van der Waals surface area contributed by atoms with E-state index in [2.05, 4.69) is 0 Å². The summed E-state index contributed by atoms with van der Waals surface area (Å²) in [4.78, 5) is 10.5. The van der Waals surface area contributed by atoms with Crippen molar-refractivity contribution in [2.45, 2.75) is 33.6 Å². The van der Waals surface area contributed by atoms with E-state index >= 15 is 0 Å². The number of carbonyl (C=O) groups excluding carboxylic acids is 1. The Kier molecular flexibility index (Phi) is 7.64. The van der Waals surface area contributed by atoms with Crippen molar-refractivity contribution in [2.75, 3.05) is 6.61 Å². The highest BCUT2D eigenvalue weighted by Crippen LogP contribution is 2.07. The highest BCUT2D eigenvalue weighted by molar-refractivity contribution is 5.66. The average Bonchev–Trinajstić information content (AvgIpc) is 2.17. The van der Waals surface area contributed by atoms with Crippen molar-refractivity contribution in [2.24, 2.45) is 0 Å². The highest BCUT2D eigenvalue weighted by Gasteiger charge is 1.92. The monoisotopic (exact) mass is 211 g/mol. The van der Waals surface area contributed by atoms with Gasteiger partial charge in [0, 0.05) is 6.92 Å². The van der Waals surface area contributed by atoms with E-state index in [0.29, 0.717) is 6.61 Å². The third kappa shape index (κ3) is 9.22. The molecule has 0 rings (SSSR count). The predicted octanol–water partition coefficient (Wildman–Crippen LogP) is 2.76. The lowest BCUT2D eigenvalue weighted by atomic mass is 10.1. The minimum Gasteiger partial charge on any atom is -0.462 e. The molecule has 0 fully saturated rings. The van der Waals surface area contributed by atoms with Gasteiger partial charge in [-0.1, -0.05) is 11.6 Å². The molecule has 0 heterocycles. The SMILES string of the molecule is CC(=O)OCC=C(C)CCC=C(C)[CH]O. The number of allylic oxidation sites excluding steroid dienone is 2. The van der Waals surface area contributed by atoms with Gasteiger partial charge in [0.25, 0.3) is 0 Å². The molecule has 0 saturated carbocycles. The fourth-order valence-corrected chi connectivity index (χ4v) is 0.984. The Labute approximate surface area is 91.4 Å². The molecule has 0 aliphatic rings. The third-order valence-electron chi connectivity index (χ3n) is 1.93. The predicted molar refractivity (Wildman–Crippen MR) is 59.6 cm³/mol. The van der Waals surface area contributed by atoms with Gasteiger partial charge < -0.3 is 9.84 Å². The van der Waals surface area contributed by atoms with Crippen LogP contribution in [0.4, 0.5) is 0 Å². The number of hydrogen-bond acceptors (Lipinski definition) is 3. The lowest BCUT2D eigenvalue weighted by Gasteiger charge is -2.00. The molecule has 0 atom stereocenters. The second kappa shape index (κ2) is 8.24. The van der Waals surface area contributed by atoms with Gasteiger partial charge in [-0.15, -0.1) is 0 Å². The van der Waals surface area contributed by atoms with Crippen molar-refractivity contribution in [3.05, 3.63) is 29.9 Å². The normalized spacial score (nSPS) is 12.8. The number of aliphatic hydroxyl groups excluding tert-OH is 1. The molecule has 0 bridgehead atoms. The molecule has 1 radical (unpaired) electrons. The van der Waals surface area contributed by atoms with Crippen LogP contribution in [0.25, 0.3) is 0 Å². The number of carbonyl (C=O) groups is 1. The number of esters is 1. The molecule has 0 unspecified atom stereocenters. The maximum atomic E-state index is 10.5. The van der Waals surface area contributed by atoms with Crippen LogP contribution in [-0.4, -0.2) is 17.7 Å². The van der Waals surface area contributed by atoms with Gasteiger partial charge in [0.05, 0.1) is 0 Å². The lowest BCUT2D eigenvalue weighted by Crippen LogP contribution is -1.98. The molecule has 0 spiro atoms. The van der Waals surface area contributed by atoms with Crippen LogP contribution in [0.1, 0.15) is 33.6 Å². The average molecular weight is 211 g/mol. The summed E-state index contributed by atoms with van der Waals surface area (Å²) in [5, 5.41) is 8.64. The Balaban J connectivity index is 3.73. The van der Waals surface area contributed by atoms with Crippen LogP contribution in [0.5, 0.6) is 0 Å². The van der Waals surface area contributed by atoms with E-state index in [1.807, 2.05) is 26.0 Å². The second-order valence-corrected chi connectivity index (χ2v) is 3.47. The van der Waals surface area contributed by atoms with Crippen molar-refractivity contribution in [3.63, 3.8) is 0 Å². The first kappa shape index (κ1) is 13.9. The molecule has 0 saturated heterocycles. The van der Waals surface area contributed by atoms with Gasteiger partial charge in [0.1, 0.15) is 13.2 Å². The van der Waals surface area contributed by atoms with Crippen molar-refractivity contribution in [1.29, 1.82) is 0 Å². The largest absolute Gasteiger partial charge is 0.462 e. The van der Waals surface area contributed by atoms with E-state index in [0.717, 1.165) is 25.0 Å². The quantitative estimate of drug-likeness (QED) is 0.542. The van der Waals surface area contributed by atoms with Crippen molar-refractivity contribution < 1.29 is 14.6 Å². The molecule has 0 aromatic carbocycles. The summed E-state index contributed by atoms with van der Waals surface area (Å²) in [6.45, 7) is 6.67. The van der Waals surface area contributed by atoms with Crippen LogP contribution in [0.2, 0.25) is 0 Å². The molecule has 0 aliphatic carbocycles. The molecule has 85 valence electrons. The first-order chi connectivity index (χ1) is 7.06. The van der Waals surface area contributed by atoms with Crippen molar-refractivity contribution >= 4 is 5.97 Å². The minimum absolute atomic E-state index is 0.260.